The summed E-state index contributed by atoms with van der Waals surface area (Å²) in [6, 6.07) is 2.14. The Balaban J connectivity index is 4.19. The monoisotopic (exact) mass is 173 g/mol. The summed E-state index contributed by atoms with van der Waals surface area (Å²) in [5.74, 6) is 0. The predicted octanol–water partition coefficient (Wildman–Crippen LogP) is 0.436. The lowest BCUT2D eigenvalue weighted by Crippen LogP contribution is -2.34. The summed E-state index contributed by atoms with van der Waals surface area (Å²) in [7, 11) is 4.66. The molecule has 0 heterocycles. The van der Waals surface area contributed by atoms with Crippen molar-refractivity contribution < 1.29 is 14.2 Å². The minimum atomic E-state index is -0.668. The molecule has 0 aromatic heterocycles. The summed E-state index contributed by atoms with van der Waals surface area (Å²) < 4.78 is 14.8. The lowest BCUT2D eigenvalue weighted by Gasteiger charge is -2.23. The quantitative estimate of drug-likeness (QED) is 0.584. The second-order valence-corrected chi connectivity index (χ2v) is 2.69. The average Bonchev–Trinajstić information content (AvgIpc) is 2.06. The molecule has 0 aromatic carbocycles. The van der Waals surface area contributed by atoms with Crippen molar-refractivity contribution in [2.75, 3.05) is 41.2 Å². The van der Waals surface area contributed by atoms with E-state index < -0.39 is 5.41 Å². The fraction of sp³-hybridized carbons (Fsp3) is 0.875. The summed E-state index contributed by atoms with van der Waals surface area (Å²) in [6.45, 7) is 0.974. The predicted molar refractivity (Wildman–Crippen MR) is 43.7 cm³/mol. The fourth-order valence-corrected chi connectivity index (χ4v) is 1.05. The van der Waals surface area contributed by atoms with Crippen molar-refractivity contribution in [1.29, 1.82) is 5.26 Å². The number of methoxy groups -OCH3 is 3. The topological polar surface area (TPSA) is 51.5 Å². The zero-order valence-electron chi connectivity index (χ0n) is 7.79. The van der Waals surface area contributed by atoms with E-state index in [4.69, 9.17) is 19.5 Å². The maximum absolute atomic E-state index is 8.88. The van der Waals surface area contributed by atoms with E-state index in [-0.39, 0.29) is 0 Å². The van der Waals surface area contributed by atoms with E-state index in [0.717, 1.165) is 0 Å². The molecule has 0 aliphatic heterocycles. The van der Waals surface area contributed by atoms with Crippen LogP contribution in [0, 0.1) is 16.7 Å². The first-order chi connectivity index (χ1) is 5.74. The van der Waals surface area contributed by atoms with Crippen LogP contribution in [0.5, 0.6) is 0 Å². The van der Waals surface area contributed by atoms with Gasteiger partial charge in [0.15, 0.2) is 0 Å². The van der Waals surface area contributed by atoms with Crippen LogP contribution in [0.3, 0.4) is 0 Å². The van der Waals surface area contributed by atoms with Gasteiger partial charge in [0.05, 0.1) is 25.9 Å². The Hall–Kier alpha value is -0.630. The Bertz CT molecular complexity index is 136. The van der Waals surface area contributed by atoms with Crippen LogP contribution >= 0.6 is 0 Å². The van der Waals surface area contributed by atoms with Crippen LogP contribution in [0.2, 0.25) is 0 Å². The van der Waals surface area contributed by atoms with Gasteiger partial charge in [0.2, 0.25) is 0 Å². The smallest absolute Gasteiger partial charge is 0.127 e. The average molecular weight is 173 g/mol. The van der Waals surface area contributed by atoms with Crippen molar-refractivity contribution in [1.82, 2.24) is 0 Å². The van der Waals surface area contributed by atoms with Gasteiger partial charge in [-0.1, -0.05) is 0 Å². The summed E-state index contributed by atoms with van der Waals surface area (Å²) in [5.41, 5.74) is -0.668. The molecule has 0 unspecified atom stereocenters. The first kappa shape index (κ1) is 11.4. The highest BCUT2D eigenvalue weighted by atomic mass is 16.5. The number of nitriles is 1. The fourth-order valence-electron chi connectivity index (χ4n) is 1.05. The van der Waals surface area contributed by atoms with Gasteiger partial charge < -0.3 is 14.2 Å². The highest BCUT2D eigenvalue weighted by Gasteiger charge is 2.30. The van der Waals surface area contributed by atoms with Gasteiger partial charge >= 0.3 is 0 Å². The van der Waals surface area contributed by atoms with Gasteiger partial charge in [-0.05, 0) is 0 Å². The molecule has 12 heavy (non-hydrogen) atoms. The van der Waals surface area contributed by atoms with Gasteiger partial charge in [-0.15, -0.1) is 0 Å². The van der Waals surface area contributed by atoms with Gasteiger partial charge in [-0.2, -0.15) is 5.26 Å². The number of ether oxygens (including phenoxy) is 3. The molecule has 0 N–H and O–H groups in total. The Morgan fingerprint density at radius 1 is 1.00 bits per heavy atom. The van der Waals surface area contributed by atoms with E-state index in [9.17, 15) is 0 Å². The lowest BCUT2D eigenvalue weighted by atomic mass is 9.93. The maximum atomic E-state index is 8.88. The number of hydrogen-bond acceptors (Lipinski definition) is 4. The standard InChI is InChI=1S/C8H15NO3/c1-10-5-8(4-9,6-11-2)7-12-3/h5-7H2,1-3H3. The van der Waals surface area contributed by atoms with Gasteiger partial charge in [-0.3, -0.25) is 0 Å². The normalized spacial score (nSPS) is 11.2. The van der Waals surface area contributed by atoms with E-state index >= 15 is 0 Å². The van der Waals surface area contributed by atoms with Crippen molar-refractivity contribution in [3.8, 4) is 6.07 Å². The third-order valence-corrected chi connectivity index (χ3v) is 1.50. The number of hydrogen-bond donors (Lipinski definition) is 0. The van der Waals surface area contributed by atoms with Crippen molar-refractivity contribution in [2.24, 2.45) is 5.41 Å². The second-order valence-electron chi connectivity index (χ2n) is 2.69. The molecule has 70 valence electrons. The molecular formula is C8H15NO3. The first-order valence-electron chi connectivity index (χ1n) is 3.63. The first-order valence-corrected chi connectivity index (χ1v) is 3.63. The van der Waals surface area contributed by atoms with E-state index in [0.29, 0.717) is 19.8 Å². The van der Waals surface area contributed by atoms with Crippen molar-refractivity contribution in [3.63, 3.8) is 0 Å². The van der Waals surface area contributed by atoms with E-state index in [2.05, 4.69) is 6.07 Å². The van der Waals surface area contributed by atoms with Crippen molar-refractivity contribution >= 4 is 0 Å². The molecule has 0 radical (unpaired) electrons. The summed E-state index contributed by atoms with van der Waals surface area (Å²) >= 11 is 0. The summed E-state index contributed by atoms with van der Waals surface area (Å²) in [5, 5.41) is 8.88. The molecule has 0 spiro atoms. The van der Waals surface area contributed by atoms with Crippen LogP contribution in [-0.4, -0.2) is 41.2 Å². The molecule has 0 aromatic rings. The number of rotatable bonds is 6. The van der Waals surface area contributed by atoms with Crippen molar-refractivity contribution in [2.45, 2.75) is 0 Å². The van der Waals surface area contributed by atoms with Gasteiger partial charge in [0, 0.05) is 21.3 Å². The van der Waals surface area contributed by atoms with Gasteiger partial charge in [0.1, 0.15) is 5.41 Å². The van der Waals surface area contributed by atoms with E-state index in [1.807, 2.05) is 0 Å². The third-order valence-electron chi connectivity index (χ3n) is 1.50. The molecule has 0 aliphatic rings. The third kappa shape index (κ3) is 3.18. The molecule has 0 amide bonds. The van der Waals surface area contributed by atoms with Crippen LogP contribution in [0.15, 0.2) is 0 Å². The Morgan fingerprint density at radius 3 is 1.50 bits per heavy atom. The van der Waals surface area contributed by atoms with Crippen LogP contribution < -0.4 is 0 Å². The highest BCUT2D eigenvalue weighted by molar-refractivity contribution is 4.99. The van der Waals surface area contributed by atoms with E-state index in [1.54, 1.807) is 21.3 Å². The van der Waals surface area contributed by atoms with Crippen LogP contribution in [0.1, 0.15) is 0 Å². The molecule has 0 rings (SSSR count). The Morgan fingerprint density at radius 2 is 1.33 bits per heavy atom. The zero-order valence-corrected chi connectivity index (χ0v) is 7.79. The molecule has 0 atom stereocenters. The molecule has 4 heteroatoms. The number of nitrogens with zero attached hydrogens (tertiary/aromatic N) is 1. The largest absolute Gasteiger partial charge is 0.383 e. The lowest BCUT2D eigenvalue weighted by molar-refractivity contribution is -0.00422. The minimum Gasteiger partial charge on any atom is -0.383 e. The maximum Gasteiger partial charge on any atom is 0.127 e. The summed E-state index contributed by atoms with van der Waals surface area (Å²) in [4.78, 5) is 0. The summed E-state index contributed by atoms with van der Waals surface area (Å²) in [6.07, 6.45) is 0. The molecule has 0 aliphatic carbocycles. The highest BCUT2D eigenvalue weighted by Crippen LogP contribution is 2.16. The molecule has 0 bridgehead atoms. The Labute approximate surface area is 73.0 Å². The zero-order chi connectivity index (χ0) is 9.45. The molecular weight excluding hydrogens is 158 g/mol. The van der Waals surface area contributed by atoms with E-state index in [1.165, 1.54) is 0 Å². The van der Waals surface area contributed by atoms with Crippen LogP contribution in [0.25, 0.3) is 0 Å². The molecule has 0 saturated heterocycles. The Kier molecular flexibility index (Phi) is 5.64. The molecule has 0 saturated carbocycles. The van der Waals surface area contributed by atoms with Crippen LogP contribution in [-0.2, 0) is 14.2 Å². The molecule has 0 fully saturated rings. The van der Waals surface area contributed by atoms with Crippen molar-refractivity contribution in [3.05, 3.63) is 0 Å². The second kappa shape index (κ2) is 5.95. The van der Waals surface area contributed by atoms with Crippen LogP contribution in [0.4, 0.5) is 0 Å². The van der Waals surface area contributed by atoms with Gasteiger partial charge in [0.25, 0.3) is 0 Å². The minimum absolute atomic E-state index is 0.325. The SMILES string of the molecule is COCC(C#N)(COC)COC. The molecule has 4 nitrogen and oxygen atoms in total. The van der Waals surface area contributed by atoms with Gasteiger partial charge in [-0.25, -0.2) is 0 Å².